The van der Waals surface area contributed by atoms with Crippen molar-refractivity contribution in [3.8, 4) is 0 Å². The number of aryl methyl sites for hydroxylation is 1. The lowest BCUT2D eigenvalue weighted by molar-refractivity contribution is -0.136. The molecule has 5 nitrogen and oxygen atoms in total. The molecule has 3 rings (SSSR count). The fourth-order valence-corrected chi connectivity index (χ4v) is 3.42. The number of carbonyl (C=O) groups is 2. The molecule has 1 aliphatic carbocycles. The van der Waals surface area contributed by atoms with E-state index in [0.29, 0.717) is 13.0 Å². The minimum Gasteiger partial charge on any atom is -0.396 e. The van der Waals surface area contributed by atoms with Crippen molar-refractivity contribution in [2.45, 2.75) is 45.1 Å². The smallest absolute Gasteiger partial charge is 0.228 e. The highest BCUT2D eigenvalue weighted by Gasteiger charge is 2.41. The van der Waals surface area contributed by atoms with Gasteiger partial charge in [0.25, 0.3) is 0 Å². The summed E-state index contributed by atoms with van der Waals surface area (Å²) in [6, 6.07) is 5.05. The second kappa shape index (κ2) is 7.52. The molecule has 1 aromatic carbocycles. The van der Waals surface area contributed by atoms with E-state index in [4.69, 9.17) is 5.11 Å². The minimum atomic E-state index is -0.427. The zero-order valence-electron chi connectivity index (χ0n) is 14.6. The van der Waals surface area contributed by atoms with Crippen LogP contribution in [0.4, 0.5) is 10.1 Å². The molecule has 0 bridgehead atoms. The standard InChI is InChI=1S/C19H25FN2O3/c1-13-4-7-17(16(20)10-13)22-12-14(11-18(22)24)19(25)21(15-5-6-15)8-2-3-9-23/h4,7,10,14-15,23H,2-3,5-6,8-9,11-12H2,1H3. The third-order valence-corrected chi connectivity index (χ3v) is 4.95. The molecule has 1 heterocycles. The number of nitrogens with zero attached hydrogens (tertiary/aromatic N) is 2. The number of benzene rings is 1. The number of amides is 2. The van der Waals surface area contributed by atoms with Crippen molar-refractivity contribution in [1.82, 2.24) is 4.90 Å². The van der Waals surface area contributed by atoms with Gasteiger partial charge in [0.15, 0.2) is 0 Å². The highest BCUT2D eigenvalue weighted by molar-refractivity contribution is 6.00. The Labute approximate surface area is 147 Å². The van der Waals surface area contributed by atoms with E-state index in [-0.39, 0.29) is 43.1 Å². The van der Waals surface area contributed by atoms with Gasteiger partial charge in [0.1, 0.15) is 5.82 Å². The quantitative estimate of drug-likeness (QED) is 0.769. The first-order valence-electron chi connectivity index (χ1n) is 8.99. The summed E-state index contributed by atoms with van der Waals surface area (Å²) in [4.78, 5) is 28.5. The van der Waals surface area contributed by atoms with E-state index in [9.17, 15) is 14.0 Å². The van der Waals surface area contributed by atoms with Crippen LogP contribution in [0.2, 0.25) is 0 Å². The van der Waals surface area contributed by atoms with Crippen LogP contribution in [0, 0.1) is 18.7 Å². The number of hydrogen-bond acceptors (Lipinski definition) is 3. The molecule has 6 heteroatoms. The van der Waals surface area contributed by atoms with Crippen LogP contribution in [-0.4, -0.2) is 47.6 Å². The number of hydrogen-bond donors (Lipinski definition) is 1. The van der Waals surface area contributed by atoms with Gasteiger partial charge in [-0.15, -0.1) is 0 Å². The lowest BCUT2D eigenvalue weighted by Gasteiger charge is -2.25. The molecule has 0 spiro atoms. The molecule has 1 aliphatic heterocycles. The molecule has 1 saturated carbocycles. The molecule has 2 fully saturated rings. The van der Waals surface area contributed by atoms with Crippen LogP contribution < -0.4 is 4.90 Å². The Bertz CT molecular complexity index is 660. The summed E-state index contributed by atoms with van der Waals surface area (Å²) in [7, 11) is 0. The molecule has 1 saturated heterocycles. The summed E-state index contributed by atoms with van der Waals surface area (Å²) >= 11 is 0. The first-order chi connectivity index (χ1) is 12.0. The van der Waals surface area contributed by atoms with E-state index in [0.717, 1.165) is 24.8 Å². The van der Waals surface area contributed by atoms with Crippen molar-refractivity contribution in [1.29, 1.82) is 0 Å². The van der Waals surface area contributed by atoms with E-state index < -0.39 is 11.7 Å². The first kappa shape index (κ1) is 17.9. The highest BCUT2D eigenvalue weighted by Crippen LogP contribution is 2.33. The third-order valence-electron chi connectivity index (χ3n) is 4.95. The Kier molecular flexibility index (Phi) is 5.37. The van der Waals surface area contributed by atoms with Gasteiger partial charge in [-0.25, -0.2) is 4.39 Å². The topological polar surface area (TPSA) is 60.9 Å². The van der Waals surface area contributed by atoms with Crippen LogP contribution in [0.3, 0.4) is 0 Å². The molecular weight excluding hydrogens is 323 g/mol. The summed E-state index contributed by atoms with van der Waals surface area (Å²) < 4.78 is 14.2. The van der Waals surface area contributed by atoms with Gasteiger partial charge >= 0.3 is 0 Å². The van der Waals surface area contributed by atoms with Crippen molar-refractivity contribution in [2.24, 2.45) is 5.92 Å². The lowest BCUT2D eigenvalue weighted by atomic mass is 10.1. The van der Waals surface area contributed by atoms with Crippen molar-refractivity contribution >= 4 is 17.5 Å². The minimum absolute atomic E-state index is 0.0104. The van der Waals surface area contributed by atoms with Crippen LogP contribution >= 0.6 is 0 Å². The molecule has 25 heavy (non-hydrogen) atoms. The van der Waals surface area contributed by atoms with Gasteiger partial charge in [0.2, 0.25) is 11.8 Å². The van der Waals surface area contributed by atoms with Gasteiger partial charge in [-0.3, -0.25) is 9.59 Å². The van der Waals surface area contributed by atoms with Gasteiger partial charge in [0, 0.05) is 32.2 Å². The number of rotatable bonds is 7. The zero-order chi connectivity index (χ0) is 18.0. The predicted molar refractivity (Wildman–Crippen MR) is 92.7 cm³/mol. The SMILES string of the molecule is Cc1ccc(N2CC(C(=O)N(CCCCO)C3CC3)CC2=O)c(F)c1. The number of halogens is 1. The normalized spacial score (nSPS) is 20.2. The molecule has 0 aromatic heterocycles. The molecule has 136 valence electrons. The summed E-state index contributed by atoms with van der Waals surface area (Å²) in [5.74, 6) is -1.05. The second-order valence-corrected chi connectivity index (χ2v) is 7.05. The number of unbranched alkanes of at least 4 members (excludes halogenated alkanes) is 1. The predicted octanol–water partition coefficient (Wildman–Crippen LogP) is 2.25. The Morgan fingerprint density at radius 1 is 1.36 bits per heavy atom. The maximum atomic E-state index is 14.2. The van der Waals surface area contributed by atoms with E-state index in [2.05, 4.69) is 0 Å². The number of aliphatic hydroxyl groups excluding tert-OH is 1. The lowest BCUT2D eigenvalue weighted by Crippen LogP contribution is -2.39. The van der Waals surface area contributed by atoms with E-state index in [1.807, 2.05) is 4.90 Å². The number of anilines is 1. The van der Waals surface area contributed by atoms with Gasteiger partial charge in [-0.05, 0) is 50.3 Å². The monoisotopic (exact) mass is 348 g/mol. The van der Waals surface area contributed by atoms with Crippen LogP contribution in [-0.2, 0) is 9.59 Å². The third kappa shape index (κ3) is 4.00. The summed E-state index contributed by atoms with van der Waals surface area (Å²) in [5.41, 5.74) is 1.05. The Morgan fingerprint density at radius 3 is 2.76 bits per heavy atom. The molecule has 2 amide bonds. The molecule has 0 radical (unpaired) electrons. The maximum Gasteiger partial charge on any atom is 0.228 e. The van der Waals surface area contributed by atoms with Crippen LogP contribution in [0.1, 0.15) is 37.7 Å². The molecular formula is C19H25FN2O3. The van der Waals surface area contributed by atoms with Gasteiger partial charge in [-0.1, -0.05) is 6.07 Å². The molecule has 1 aromatic rings. The van der Waals surface area contributed by atoms with Crippen molar-refractivity contribution in [3.05, 3.63) is 29.6 Å². The summed E-state index contributed by atoms with van der Waals surface area (Å²) in [6.45, 7) is 2.77. The van der Waals surface area contributed by atoms with Crippen LogP contribution in [0.25, 0.3) is 0 Å². The van der Waals surface area contributed by atoms with Crippen LogP contribution in [0.5, 0.6) is 0 Å². The zero-order valence-corrected chi connectivity index (χ0v) is 14.6. The Hall–Kier alpha value is -1.95. The van der Waals surface area contributed by atoms with Gasteiger partial charge in [0.05, 0.1) is 11.6 Å². The fourth-order valence-electron chi connectivity index (χ4n) is 3.42. The Morgan fingerprint density at radius 2 is 2.12 bits per heavy atom. The second-order valence-electron chi connectivity index (χ2n) is 7.05. The average Bonchev–Trinajstić information content (AvgIpc) is 3.34. The Balaban J connectivity index is 1.69. The van der Waals surface area contributed by atoms with Gasteiger partial charge < -0.3 is 14.9 Å². The largest absolute Gasteiger partial charge is 0.396 e. The maximum absolute atomic E-state index is 14.2. The van der Waals surface area contributed by atoms with Crippen LogP contribution in [0.15, 0.2) is 18.2 Å². The first-order valence-corrected chi connectivity index (χ1v) is 8.99. The average molecular weight is 348 g/mol. The summed E-state index contributed by atoms with van der Waals surface area (Å²) in [6.07, 6.45) is 3.57. The van der Waals surface area contributed by atoms with E-state index >= 15 is 0 Å². The van der Waals surface area contributed by atoms with Gasteiger partial charge in [-0.2, -0.15) is 0 Å². The van der Waals surface area contributed by atoms with Crippen molar-refractivity contribution in [3.63, 3.8) is 0 Å². The summed E-state index contributed by atoms with van der Waals surface area (Å²) in [5, 5.41) is 8.93. The molecule has 1 unspecified atom stereocenters. The molecule has 2 aliphatic rings. The number of aliphatic hydroxyl groups is 1. The number of carbonyl (C=O) groups excluding carboxylic acids is 2. The molecule has 1 N–H and O–H groups in total. The van der Waals surface area contributed by atoms with Crippen molar-refractivity contribution in [2.75, 3.05) is 24.6 Å². The van der Waals surface area contributed by atoms with E-state index in [1.54, 1.807) is 19.1 Å². The fraction of sp³-hybridized carbons (Fsp3) is 0.579. The van der Waals surface area contributed by atoms with Crippen molar-refractivity contribution < 1.29 is 19.1 Å². The molecule has 1 atom stereocenters. The highest BCUT2D eigenvalue weighted by atomic mass is 19.1. The van der Waals surface area contributed by atoms with E-state index in [1.165, 1.54) is 11.0 Å².